The molecule has 0 saturated carbocycles. The molecule has 0 spiro atoms. The highest BCUT2D eigenvalue weighted by Crippen LogP contribution is 2.20. The first-order valence-electron chi connectivity index (χ1n) is 5.92. The highest BCUT2D eigenvalue weighted by atomic mass is 32.2. The van der Waals surface area contributed by atoms with Crippen LogP contribution in [-0.2, 0) is 10.0 Å². The molecule has 1 aromatic carbocycles. The Kier molecular flexibility index (Phi) is 5.39. The largest absolute Gasteiger partial charge is 0.264 e. The summed E-state index contributed by atoms with van der Waals surface area (Å²) >= 11 is 1.28. The summed E-state index contributed by atoms with van der Waals surface area (Å²) in [6.45, 7) is 1.84. The van der Waals surface area contributed by atoms with Crippen molar-refractivity contribution in [2.75, 3.05) is 4.72 Å². The molecule has 11 heteroatoms. The number of nitrogens with zero attached hydrogens (tertiary/aromatic N) is 5. The number of hydrogen-bond acceptors (Lipinski definition) is 9. The van der Waals surface area contributed by atoms with Crippen molar-refractivity contribution in [2.24, 2.45) is 0 Å². The molecule has 8 nitrogen and oxygen atoms in total. The predicted octanol–water partition coefficient (Wildman–Crippen LogP) is 2.13. The molecule has 0 atom stereocenters. The number of thioether (sulfide) groups is 2. The van der Waals surface area contributed by atoms with Crippen LogP contribution in [0.5, 0.6) is 0 Å². The molecule has 0 radical (unpaired) electrons. The minimum atomic E-state index is -3.88. The molecule has 0 aliphatic rings. The second-order valence-electron chi connectivity index (χ2n) is 4.03. The monoisotopic (exact) mass is 364 g/mol. The molecule has 2 rings (SSSR count). The lowest BCUT2D eigenvalue weighted by molar-refractivity contribution is 0.600. The highest BCUT2D eigenvalue weighted by molar-refractivity contribution is 8.04. The summed E-state index contributed by atoms with van der Waals surface area (Å²) < 4.78 is 26.8. The first kappa shape index (κ1) is 17.0. The van der Waals surface area contributed by atoms with Gasteiger partial charge in [0, 0.05) is 23.5 Å². The standard InChI is InChI=1S/C12H8N6O2S3/c1-8-2-4-9(5-3-8)23(19,20)18-10-15-11(21-6-13)17-12(16-10)22-7-14/h2-5H,1H3,(H,15,16,17,18). The first-order chi connectivity index (χ1) is 10.9. The van der Waals surface area contributed by atoms with Crippen molar-refractivity contribution in [1.82, 2.24) is 15.0 Å². The Morgan fingerprint density at radius 1 is 1.00 bits per heavy atom. The van der Waals surface area contributed by atoms with Crippen LogP contribution in [0.1, 0.15) is 5.56 Å². The van der Waals surface area contributed by atoms with E-state index in [0.29, 0.717) is 23.5 Å². The van der Waals surface area contributed by atoms with Crippen LogP contribution >= 0.6 is 23.5 Å². The van der Waals surface area contributed by atoms with Crippen molar-refractivity contribution in [2.45, 2.75) is 22.1 Å². The molecule has 116 valence electrons. The van der Waals surface area contributed by atoms with E-state index in [1.807, 2.05) is 6.92 Å². The molecular weight excluding hydrogens is 356 g/mol. The van der Waals surface area contributed by atoms with Crippen molar-refractivity contribution in [3.05, 3.63) is 29.8 Å². The Bertz CT molecular complexity index is 866. The predicted molar refractivity (Wildman–Crippen MR) is 84.8 cm³/mol. The van der Waals surface area contributed by atoms with Gasteiger partial charge in [0.1, 0.15) is 10.8 Å². The fraction of sp³-hybridized carbons (Fsp3) is 0.0833. The van der Waals surface area contributed by atoms with Gasteiger partial charge in [0.2, 0.25) is 16.3 Å². The van der Waals surface area contributed by atoms with E-state index in [2.05, 4.69) is 19.7 Å². The van der Waals surface area contributed by atoms with Crippen LogP contribution in [0.2, 0.25) is 0 Å². The molecule has 1 N–H and O–H groups in total. The van der Waals surface area contributed by atoms with Crippen LogP contribution < -0.4 is 4.72 Å². The van der Waals surface area contributed by atoms with Gasteiger partial charge in [0.15, 0.2) is 0 Å². The van der Waals surface area contributed by atoms with Crippen LogP contribution in [0, 0.1) is 28.3 Å². The summed E-state index contributed by atoms with van der Waals surface area (Å²) in [7, 11) is -3.88. The molecule has 1 aromatic heterocycles. The average molecular weight is 364 g/mol. The van der Waals surface area contributed by atoms with Crippen molar-refractivity contribution in [3.8, 4) is 10.8 Å². The number of thiocyanates is 2. The average Bonchev–Trinajstić information content (AvgIpc) is 2.47. The van der Waals surface area contributed by atoms with Gasteiger partial charge in [0.25, 0.3) is 10.0 Å². The van der Waals surface area contributed by atoms with Gasteiger partial charge in [-0.2, -0.15) is 25.5 Å². The molecule has 0 aliphatic carbocycles. The van der Waals surface area contributed by atoms with E-state index in [9.17, 15) is 8.42 Å². The number of aromatic nitrogens is 3. The maximum atomic E-state index is 12.3. The fourth-order valence-electron chi connectivity index (χ4n) is 1.45. The SMILES string of the molecule is Cc1ccc(S(=O)(=O)Nc2nc(SC#N)nc(SC#N)n2)cc1. The number of hydrogen-bond donors (Lipinski definition) is 1. The quantitative estimate of drug-likeness (QED) is 0.625. The minimum Gasteiger partial charge on any atom is -0.247 e. The summed E-state index contributed by atoms with van der Waals surface area (Å²) in [6, 6.07) is 6.23. The Morgan fingerprint density at radius 3 is 2.00 bits per heavy atom. The lowest BCUT2D eigenvalue weighted by Crippen LogP contribution is -2.16. The van der Waals surface area contributed by atoms with E-state index in [4.69, 9.17) is 10.5 Å². The second-order valence-corrected chi connectivity index (χ2v) is 7.22. The van der Waals surface area contributed by atoms with Gasteiger partial charge in [-0.1, -0.05) is 17.7 Å². The van der Waals surface area contributed by atoms with Gasteiger partial charge in [-0.15, -0.1) is 0 Å². The van der Waals surface area contributed by atoms with E-state index in [0.717, 1.165) is 5.56 Å². The summed E-state index contributed by atoms with van der Waals surface area (Å²) in [5.41, 5.74) is 0.921. The lowest BCUT2D eigenvalue weighted by Gasteiger charge is -2.07. The first-order valence-corrected chi connectivity index (χ1v) is 9.03. The van der Waals surface area contributed by atoms with Gasteiger partial charge in [-0.3, -0.25) is 0 Å². The number of nitriles is 2. The zero-order valence-corrected chi connectivity index (χ0v) is 14.0. The maximum Gasteiger partial charge on any atom is 0.264 e. The number of benzene rings is 1. The molecule has 0 bridgehead atoms. The highest BCUT2D eigenvalue weighted by Gasteiger charge is 2.17. The van der Waals surface area contributed by atoms with Crippen LogP contribution in [0.25, 0.3) is 0 Å². The van der Waals surface area contributed by atoms with Crippen LogP contribution in [0.15, 0.2) is 39.5 Å². The third-order valence-electron chi connectivity index (χ3n) is 2.43. The number of sulfonamides is 1. The molecule has 0 saturated heterocycles. The molecule has 0 fully saturated rings. The molecule has 23 heavy (non-hydrogen) atoms. The molecule has 2 aromatic rings. The van der Waals surface area contributed by atoms with Gasteiger partial charge < -0.3 is 0 Å². The smallest absolute Gasteiger partial charge is 0.247 e. The van der Waals surface area contributed by atoms with Gasteiger partial charge >= 0.3 is 0 Å². The topological polar surface area (TPSA) is 132 Å². The van der Waals surface area contributed by atoms with Crippen LogP contribution in [0.4, 0.5) is 5.95 Å². The van der Waals surface area contributed by atoms with Gasteiger partial charge in [-0.05, 0) is 19.1 Å². The van der Waals surface area contributed by atoms with Crippen molar-refractivity contribution >= 4 is 39.5 Å². The van der Waals surface area contributed by atoms with E-state index in [1.165, 1.54) is 12.1 Å². The van der Waals surface area contributed by atoms with E-state index in [-0.39, 0.29) is 21.2 Å². The van der Waals surface area contributed by atoms with Crippen LogP contribution in [-0.4, -0.2) is 23.4 Å². The molecule has 1 heterocycles. The Morgan fingerprint density at radius 2 is 1.52 bits per heavy atom. The van der Waals surface area contributed by atoms with Crippen molar-refractivity contribution in [1.29, 1.82) is 10.5 Å². The Labute approximate surface area is 141 Å². The van der Waals surface area contributed by atoms with E-state index >= 15 is 0 Å². The fourth-order valence-corrected chi connectivity index (χ4v) is 3.15. The Hall–Kier alpha value is -2.34. The molecular formula is C12H8N6O2S3. The summed E-state index contributed by atoms with van der Waals surface area (Å²) in [5, 5.41) is 20.9. The third kappa shape index (κ3) is 4.56. The number of rotatable bonds is 5. The number of nitrogens with one attached hydrogen (secondary N) is 1. The zero-order valence-electron chi connectivity index (χ0n) is 11.6. The normalized spacial score (nSPS) is 10.6. The van der Waals surface area contributed by atoms with Crippen molar-refractivity contribution in [3.63, 3.8) is 0 Å². The number of anilines is 1. The maximum absolute atomic E-state index is 12.3. The van der Waals surface area contributed by atoms with Crippen molar-refractivity contribution < 1.29 is 8.42 Å². The van der Waals surface area contributed by atoms with Gasteiger partial charge in [-0.25, -0.2) is 13.1 Å². The minimum absolute atomic E-state index is 0.00172. The third-order valence-corrected chi connectivity index (χ3v) is 4.68. The summed E-state index contributed by atoms with van der Waals surface area (Å²) in [4.78, 5) is 11.6. The second kappa shape index (κ2) is 7.28. The Balaban J connectivity index is 2.36. The zero-order chi connectivity index (χ0) is 16.9. The molecule has 0 aliphatic heterocycles. The number of aryl methyl sites for hydroxylation is 1. The summed E-state index contributed by atoms with van der Waals surface area (Å²) in [5.74, 6) is -0.254. The van der Waals surface area contributed by atoms with Crippen LogP contribution in [0.3, 0.4) is 0 Å². The van der Waals surface area contributed by atoms with E-state index < -0.39 is 10.0 Å². The molecule has 0 unspecified atom stereocenters. The molecule has 0 amide bonds. The van der Waals surface area contributed by atoms with Gasteiger partial charge in [0.05, 0.1) is 4.90 Å². The summed E-state index contributed by atoms with van der Waals surface area (Å²) in [6.07, 6.45) is 0. The van der Waals surface area contributed by atoms with E-state index in [1.54, 1.807) is 22.9 Å². The lowest BCUT2D eigenvalue weighted by atomic mass is 10.2.